The van der Waals surface area contributed by atoms with Gasteiger partial charge >= 0.3 is 0 Å². The highest BCUT2D eigenvalue weighted by atomic mass is 16.7. The van der Waals surface area contributed by atoms with E-state index in [2.05, 4.69) is 34.6 Å². The fourth-order valence-corrected chi connectivity index (χ4v) is 5.39. The summed E-state index contributed by atoms with van der Waals surface area (Å²) in [5.41, 5.74) is 0. The van der Waals surface area contributed by atoms with Crippen LogP contribution in [0.2, 0.25) is 0 Å². The molecular weight excluding hydrogens is 524 g/mol. The Bertz CT molecular complexity index is 551. The molecule has 5 N–H and O–H groups in total. The molecule has 0 spiro atoms. The van der Waals surface area contributed by atoms with Crippen molar-refractivity contribution in [3.63, 3.8) is 0 Å². The number of rotatable bonds is 30. The summed E-state index contributed by atoms with van der Waals surface area (Å²) in [4.78, 5) is 0. The van der Waals surface area contributed by atoms with Gasteiger partial charge in [-0.2, -0.15) is 0 Å². The second-order valence-corrected chi connectivity index (χ2v) is 11.9. The summed E-state index contributed by atoms with van der Waals surface area (Å²) in [6.07, 6.45) is 10.6. The molecule has 0 fully saturated rings. The Hall–Kier alpha value is -0.320. The number of aliphatic hydroxyl groups excluding tert-OH is 5. The van der Waals surface area contributed by atoms with Crippen LogP contribution in [0.4, 0.5) is 0 Å². The van der Waals surface area contributed by atoms with Crippen molar-refractivity contribution in [2.45, 2.75) is 174 Å². The molecule has 0 radical (unpaired) electrons. The van der Waals surface area contributed by atoms with Gasteiger partial charge in [0.25, 0.3) is 0 Å². The van der Waals surface area contributed by atoms with Gasteiger partial charge in [0.15, 0.2) is 6.29 Å². The van der Waals surface area contributed by atoms with Crippen LogP contribution in [0.5, 0.6) is 0 Å². The number of aliphatic hydroxyl groups is 5. The molecule has 0 aromatic heterocycles. The van der Waals surface area contributed by atoms with Crippen LogP contribution in [-0.4, -0.2) is 88.8 Å². The molecule has 0 bridgehead atoms. The molecule has 0 saturated carbocycles. The molecule has 0 amide bonds. The second-order valence-electron chi connectivity index (χ2n) is 11.9. The van der Waals surface area contributed by atoms with E-state index in [4.69, 9.17) is 14.2 Å². The van der Waals surface area contributed by atoms with E-state index in [1.165, 1.54) is 19.3 Å². The molecule has 8 atom stereocenters. The first-order chi connectivity index (χ1) is 19.8. The maximum absolute atomic E-state index is 10.8. The molecule has 0 aliphatic rings. The van der Waals surface area contributed by atoms with Gasteiger partial charge in [-0.25, -0.2) is 0 Å². The minimum absolute atomic E-state index is 0.330. The molecule has 0 aliphatic heterocycles. The predicted molar refractivity (Wildman–Crippen MR) is 166 cm³/mol. The van der Waals surface area contributed by atoms with E-state index in [9.17, 15) is 25.5 Å². The molecule has 248 valence electrons. The van der Waals surface area contributed by atoms with Gasteiger partial charge in [0.05, 0.1) is 32.0 Å². The van der Waals surface area contributed by atoms with Crippen molar-refractivity contribution in [2.24, 2.45) is 11.8 Å². The topological polar surface area (TPSA) is 129 Å². The molecule has 41 heavy (non-hydrogen) atoms. The molecule has 0 heterocycles. The fourth-order valence-electron chi connectivity index (χ4n) is 5.39. The van der Waals surface area contributed by atoms with Crippen molar-refractivity contribution < 1.29 is 39.7 Å². The number of unbranched alkanes of at least 4 members (excludes halogenated alkanes) is 7. The Kier molecular flexibility index (Phi) is 27.0. The summed E-state index contributed by atoms with van der Waals surface area (Å²) in [6, 6.07) is 0. The van der Waals surface area contributed by atoms with E-state index in [1.807, 2.05) is 0 Å². The molecule has 0 rings (SSSR count). The minimum Gasteiger partial charge on any atom is -0.394 e. The van der Waals surface area contributed by atoms with E-state index in [0.717, 1.165) is 70.6 Å². The summed E-state index contributed by atoms with van der Waals surface area (Å²) >= 11 is 0. The van der Waals surface area contributed by atoms with Gasteiger partial charge in [0.1, 0.15) is 18.3 Å². The van der Waals surface area contributed by atoms with Crippen LogP contribution in [0.3, 0.4) is 0 Å². The van der Waals surface area contributed by atoms with Crippen LogP contribution in [0.25, 0.3) is 0 Å². The fraction of sp³-hybridized carbons (Fsp3) is 1.00. The SMILES string of the molecule is CCCCCCCCOC(OC(CO)C(CC(CC)CCCC)OC(CC(CC)CCCC)C(O)CO)C(O)CO. The van der Waals surface area contributed by atoms with Crippen molar-refractivity contribution in [1.29, 1.82) is 0 Å². The zero-order valence-corrected chi connectivity index (χ0v) is 27.2. The standard InChI is InChI=1S/C33H68O8/c1-6-11-14-15-16-17-20-39-33(29(38)24-35)41-32(25-36)31(22-27(10-5)19-13-8-3)40-30(28(37)23-34)21-26(9-4)18-12-7-2/h26-38H,6-25H2,1-5H3. The van der Waals surface area contributed by atoms with Crippen molar-refractivity contribution >= 4 is 0 Å². The number of hydrogen-bond donors (Lipinski definition) is 5. The lowest BCUT2D eigenvalue weighted by Crippen LogP contribution is -2.47. The largest absolute Gasteiger partial charge is 0.394 e. The summed E-state index contributed by atoms with van der Waals surface area (Å²) in [6.45, 7) is 9.88. The van der Waals surface area contributed by atoms with E-state index < -0.39 is 50.0 Å². The molecule has 0 saturated heterocycles. The molecular formula is C33H68O8. The summed E-state index contributed by atoms with van der Waals surface area (Å²) in [5, 5.41) is 51.3. The van der Waals surface area contributed by atoms with Crippen LogP contribution in [0.15, 0.2) is 0 Å². The van der Waals surface area contributed by atoms with Gasteiger partial charge in [-0.1, -0.05) is 118 Å². The molecule has 8 heteroatoms. The number of ether oxygens (including phenoxy) is 3. The highest BCUT2D eigenvalue weighted by Crippen LogP contribution is 2.29. The molecule has 0 aromatic rings. The highest BCUT2D eigenvalue weighted by molar-refractivity contribution is 4.81. The van der Waals surface area contributed by atoms with Crippen LogP contribution in [0.1, 0.15) is 137 Å². The Morgan fingerprint density at radius 2 is 1.02 bits per heavy atom. The van der Waals surface area contributed by atoms with E-state index >= 15 is 0 Å². The Labute approximate surface area is 252 Å². The lowest BCUT2D eigenvalue weighted by molar-refractivity contribution is -0.255. The van der Waals surface area contributed by atoms with E-state index in [0.29, 0.717) is 31.3 Å². The van der Waals surface area contributed by atoms with Crippen molar-refractivity contribution in [2.75, 3.05) is 26.4 Å². The quantitative estimate of drug-likeness (QED) is 0.0528. The second kappa shape index (κ2) is 27.2. The Morgan fingerprint density at radius 1 is 0.512 bits per heavy atom. The van der Waals surface area contributed by atoms with E-state index in [1.54, 1.807) is 0 Å². The lowest BCUT2D eigenvalue weighted by Gasteiger charge is -2.37. The average molecular weight is 593 g/mol. The van der Waals surface area contributed by atoms with Gasteiger partial charge in [-0.15, -0.1) is 0 Å². The zero-order valence-electron chi connectivity index (χ0n) is 27.2. The first-order valence-corrected chi connectivity index (χ1v) is 17.0. The van der Waals surface area contributed by atoms with Crippen LogP contribution in [0, 0.1) is 11.8 Å². The first-order valence-electron chi connectivity index (χ1n) is 17.0. The first kappa shape index (κ1) is 40.7. The molecule has 0 aliphatic carbocycles. The zero-order chi connectivity index (χ0) is 30.9. The molecule has 8 nitrogen and oxygen atoms in total. The van der Waals surface area contributed by atoms with E-state index in [-0.39, 0.29) is 6.61 Å². The third kappa shape index (κ3) is 18.8. The summed E-state index contributed by atoms with van der Waals surface area (Å²) < 4.78 is 18.6. The summed E-state index contributed by atoms with van der Waals surface area (Å²) in [5.74, 6) is 0.679. The highest BCUT2D eigenvalue weighted by Gasteiger charge is 2.35. The molecule has 0 aromatic carbocycles. The predicted octanol–water partition coefficient (Wildman–Crippen LogP) is 5.74. The van der Waals surface area contributed by atoms with Crippen molar-refractivity contribution in [3.05, 3.63) is 0 Å². The average Bonchev–Trinajstić information content (AvgIpc) is 3.00. The van der Waals surface area contributed by atoms with Gasteiger partial charge in [-0.05, 0) is 31.1 Å². The summed E-state index contributed by atoms with van der Waals surface area (Å²) in [7, 11) is 0. The maximum atomic E-state index is 10.8. The maximum Gasteiger partial charge on any atom is 0.186 e. The number of hydrogen-bond acceptors (Lipinski definition) is 8. The minimum atomic E-state index is -1.26. The smallest absolute Gasteiger partial charge is 0.186 e. The molecule has 8 unspecified atom stereocenters. The Morgan fingerprint density at radius 3 is 1.51 bits per heavy atom. The van der Waals surface area contributed by atoms with Crippen LogP contribution >= 0.6 is 0 Å². The van der Waals surface area contributed by atoms with Crippen LogP contribution in [-0.2, 0) is 14.2 Å². The van der Waals surface area contributed by atoms with Crippen molar-refractivity contribution in [3.8, 4) is 0 Å². The van der Waals surface area contributed by atoms with Gasteiger partial charge < -0.3 is 39.7 Å². The van der Waals surface area contributed by atoms with Gasteiger partial charge in [0, 0.05) is 6.61 Å². The lowest BCUT2D eigenvalue weighted by atomic mass is 9.89. The third-order valence-electron chi connectivity index (χ3n) is 8.37. The van der Waals surface area contributed by atoms with Crippen LogP contribution < -0.4 is 0 Å². The monoisotopic (exact) mass is 592 g/mol. The third-order valence-corrected chi connectivity index (χ3v) is 8.37. The normalized spacial score (nSPS) is 18.0. The van der Waals surface area contributed by atoms with Crippen molar-refractivity contribution in [1.82, 2.24) is 0 Å². The Balaban J connectivity index is 5.80. The van der Waals surface area contributed by atoms with Gasteiger partial charge in [0.2, 0.25) is 0 Å². The van der Waals surface area contributed by atoms with Gasteiger partial charge in [-0.3, -0.25) is 0 Å².